The SMILES string of the molecule is Cc1cc(NC(=O)CSCC(=O)N[C@@H](C(=O)O)C(C)C)no1. The largest absolute Gasteiger partial charge is 0.480 e. The van der Waals surface area contributed by atoms with E-state index in [4.69, 9.17) is 9.63 Å². The van der Waals surface area contributed by atoms with Crippen LogP contribution < -0.4 is 10.6 Å². The maximum Gasteiger partial charge on any atom is 0.326 e. The van der Waals surface area contributed by atoms with E-state index in [1.165, 1.54) is 0 Å². The van der Waals surface area contributed by atoms with Crippen LogP contribution in [0.1, 0.15) is 19.6 Å². The van der Waals surface area contributed by atoms with E-state index >= 15 is 0 Å². The molecule has 0 unspecified atom stereocenters. The molecule has 8 nitrogen and oxygen atoms in total. The number of anilines is 1. The smallest absolute Gasteiger partial charge is 0.326 e. The molecule has 0 bridgehead atoms. The molecule has 0 aliphatic rings. The lowest BCUT2D eigenvalue weighted by atomic mass is 10.1. The number of aromatic nitrogens is 1. The Morgan fingerprint density at radius 1 is 1.32 bits per heavy atom. The van der Waals surface area contributed by atoms with Gasteiger partial charge >= 0.3 is 5.97 Å². The van der Waals surface area contributed by atoms with Crippen LogP contribution in [0.2, 0.25) is 0 Å². The number of hydrogen-bond donors (Lipinski definition) is 3. The number of nitrogens with one attached hydrogen (secondary N) is 2. The summed E-state index contributed by atoms with van der Waals surface area (Å²) in [5.74, 6) is -1.08. The monoisotopic (exact) mass is 329 g/mol. The molecule has 0 spiro atoms. The molecule has 122 valence electrons. The van der Waals surface area contributed by atoms with Gasteiger partial charge in [0.1, 0.15) is 11.8 Å². The zero-order chi connectivity index (χ0) is 16.7. The van der Waals surface area contributed by atoms with Crippen molar-refractivity contribution in [3.63, 3.8) is 0 Å². The second-order valence-corrected chi connectivity index (χ2v) is 5.98. The molecule has 0 aliphatic heterocycles. The lowest BCUT2D eigenvalue weighted by molar-refractivity contribution is -0.142. The number of amides is 2. The quantitative estimate of drug-likeness (QED) is 0.647. The Bertz CT molecular complexity index is 544. The molecule has 0 aromatic carbocycles. The van der Waals surface area contributed by atoms with Crippen LogP contribution in [-0.2, 0) is 14.4 Å². The Hall–Kier alpha value is -2.03. The lowest BCUT2D eigenvalue weighted by Crippen LogP contribution is -2.45. The average molecular weight is 329 g/mol. The van der Waals surface area contributed by atoms with E-state index < -0.39 is 17.9 Å². The Morgan fingerprint density at radius 3 is 2.45 bits per heavy atom. The Balaban J connectivity index is 2.29. The topological polar surface area (TPSA) is 122 Å². The molecule has 0 fully saturated rings. The summed E-state index contributed by atoms with van der Waals surface area (Å²) < 4.78 is 4.81. The molecule has 1 rings (SSSR count). The fourth-order valence-electron chi connectivity index (χ4n) is 1.57. The number of carboxylic acids is 1. The molecular formula is C13H19N3O5S. The van der Waals surface area contributed by atoms with E-state index in [1.54, 1.807) is 26.8 Å². The van der Waals surface area contributed by atoms with Gasteiger partial charge < -0.3 is 20.3 Å². The molecule has 22 heavy (non-hydrogen) atoms. The fourth-order valence-corrected chi connectivity index (χ4v) is 2.20. The number of aryl methyl sites for hydroxylation is 1. The minimum absolute atomic E-state index is 0.00175. The van der Waals surface area contributed by atoms with E-state index in [2.05, 4.69) is 15.8 Å². The zero-order valence-electron chi connectivity index (χ0n) is 12.6. The first-order valence-electron chi connectivity index (χ1n) is 6.62. The first kappa shape index (κ1) is 18.0. The maximum absolute atomic E-state index is 11.7. The van der Waals surface area contributed by atoms with Gasteiger partial charge in [0.25, 0.3) is 0 Å². The summed E-state index contributed by atoms with van der Waals surface area (Å²) in [5.41, 5.74) is 0. The van der Waals surface area contributed by atoms with Gasteiger partial charge in [-0.25, -0.2) is 4.79 Å². The Morgan fingerprint density at radius 2 is 1.95 bits per heavy atom. The van der Waals surface area contributed by atoms with Crippen molar-refractivity contribution >= 4 is 35.4 Å². The third-order valence-corrected chi connectivity index (χ3v) is 3.54. The van der Waals surface area contributed by atoms with Gasteiger partial charge in [0.05, 0.1) is 11.5 Å². The van der Waals surface area contributed by atoms with Gasteiger partial charge in [-0.15, -0.1) is 11.8 Å². The van der Waals surface area contributed by atoms with Crippen molar-refractivity contribution in [1.29, 1.82) is 0 Å². The molecule has 9 heteroatoms. The minimum atomic E-state index is -1.08. The van der Waals surface area contributed by atoms with Gasteiger partial charge in [0.15, 0.2) is 5.82 Å². The second-order valence-electron chi connectivity index (χ2n) is 4.99. The van der Waals surface area contributed by atoms with Crippen LogP contribution in [0.5, 0.6) is 0 Å². The lowest BCUT2D eigenvalue weighted by Gasteiger charge is -2.17. The molecule has 3 N–H and O–H groups in total. The van der Waals surface area contributed by atoms with Crippen LogP contribution >= 0.6 is 11.8 Å². The van der Waals surface area contributed by atoms with Crippen LogP contribution in [0.4, 0.5) is 5.82 Å². The summed E-state index contributed by atoms with van der Waals surface area (Å²) >= 11 is 1.09. The molecule has 1 heterocycles. The summed E-state index contributed by atoms with van der Waals surface area (Å²) in [7, 11) is 0. The average Bonchev–Trinajstić information content (AvgIpc) is 2.80. The maximum atomic E-state index is 11.7. The number of thioether (sulfide) groups is 1. The summed E-state index contributed by atoms with van der Waals surface area (Å²) in [4.78, 5) is 34.2. The molecule has 0 saturated heterocycles. The number of rotatable bonds is 8. The van der Waals surface area contributed by atoms with Crippen LogP contribution in [0.3, 0.4) is 0 Å². The molecular weight excluding hydrogens is 310 g/mol. The standard InChI is InChI=1S/C13H19N3O5S/c1-7(2)12(13(19)20)15-11(18)6-22-5-10(17)14-9-4-8(3)21-16-9/h4,7,12H,5-6H2,1-3H3,(H,15,18)(H,19,20)(H,14,16,17)/t12-/m1/s1. The molecule has 1 aromatic rings. The first-order chi connectivity index (χ1) is 10.3. The number of carboxylic acid groups (broad SMARTS) is 1. The van der Waals surface area contributed by atoms with Crippen LogP contribution in [0.15, 0.2) is 10.6 Å². The highest BCUT2D eigenvalue weighted by molar-refractivity contribution is 8.00. The van der Waals surface area contributed by atoms with E-state index in [0.717, 1.165) is 11.8 Å². The number of hydrogen-bond acceptors (Lipinski definition) is 6. The Labute approximate surface area is 132 Å². The Kier molecular flexibility index (Phi) is 6.90. The number of aliphatic carboxylic acids is 1. The molecule has 0 radical (unpaired) electrons. The highest BCUT2D eigenvalue weighted by atomic mass is 32.2. The molecule has 2 amide bonds. The highest BCUT2D eigenvalue weighted by Gasteiger charge is 2.23. The van der Waals surface area contributed by atoms with Crippen molar-refractivity contribution in [2.45, 2.75) is 26.8 Å². The van der Waals surface area contributed by atoms with Gasteiger partial charge in [-0.2, -0.15) is 0 Å². The van der Waals surface area contributed by atoms with E-state index in [9.17, 15) is 14.4 Å². The van der Waals surface area contributed by atoms with Gasteiger partial charge in [-0.1, -0.05) is 19.0 Å². The molecule has 0 aliphatic carbocycles. The van der Waals surface area contributed by atoms with Crippen molar-refractivity contribution in [2.24, 2.45) is 5.92 Å². The van der Waals surface area contributed by atoms with Gasteiger partial charge in [-0.3, -0.25) is 9.59 Å². The second kappa shape index (κ2) is 8.42. The fraction of sp³-hybridized carbons (Fsp3) is 0.538. The summed E-state index contributed by atoms with van der Waals surface area (Å²) in [6.07, 6.45) is 0. The van der Waals surface area contributed by atoms with Crippen molar-refractivity contribution in [3.8, 4) is 0 Å². The predicted molar refractivity (Wildman–Crippen MR) is 81.6 cm³/mol. The van der Waals surface area contributed by atoms with E-state index in [-0.39, 0.29) is 23.3 Å². The number of carbonyl (C=O) groups is 3. The third-order valence-electron chi connectivity index (χ3n) is 2.61. The van der Waals surface area contributed by atoms with Crippen molar-refractivity contribution in [3.05, 3.63) is 11.8 Å². The van der Waals surface area contributed by atoms with Crippen molar-refractivity contribution < 1.29 is 24.0 Å². The van der Waals surface area contributed by atoms with Crippen molar-refractivity contribution in [2.75, 3.05) is 16.8 Å². The molecule has 1 aromatic heterocycles. The zero-order valence-corrected chi connectivity index (χ0v) is 13.4. The van der Waals surface area contributed by atoms with Gasteiger partial charge in [0.2, 0.25) is 11.8 Å². The van der Waals surface area contributed by atoms with Crippen LogP contribution in [0.25, 0.3) is 0 Å². The summed E-state index contributed by atoms with van der Waals surface area (Å²) in [5, 5.41) is 17.5. The molecule has 1 atom stereocenters. The summed E-state index contributed by atoms with van der Waals surface area (Å²) in [6.45, 7) is 5.12. The van der Waals surface area contributed by atoms with E-state index in [1.807, 2.05) is 0 Å². The molecule has 0 saturated carbocycles. The van der Waals surface area contributed by atoms with Crippen LogP contribution in [0, 0.1) is 12.8 Å². The predicted octanol–water partition coefficient (Wildman–Crippen LogP) is 0.880. The van der Waals surface area contributed by atoms with Crippen molar-refractivity contribution in [1.82, 2.24) is 10.5 Å². The number of nitrogens with zero attached hydrogens (tertiary/aromatic N) is 1. The van der Waals surface area contributed by atoms with Crippen LogP contribution in [-0.4, -0.2) is 45.6 Å². The minimum Gasteiger partial charge on any atom is -0.480 e. The number of carbonyl (C=O) groups excluding carboxylic acids is 2. The van der Waals surface area contributed by atoms with E-state index in [0.29, 0.717) is 11.6 Å². The third kappa shape index (κ3) is 6.17. The highest BCUT2D eigenvalue weighted by Crippen LogP contribution is 2.09. The first-order valence-corrected chi connectivity index (χ1v) is 7.78. The van der Waals surface area contributed by atoms with Gasteiger partial charge in [-0.05, 0) is 12.8 Å². The normalized spacial score (nSPS) is 12.0. The van der Waals surface area contributed by atoms with Gasteiger partial charge in [0, 0.05) is 6.07 Å². The summed E-state index contributed by atoms with van der Waals surface area (Å²) in [6, 6.07) is 0.648.